The third-order valence-corrected chi connectivity index (χ3v) is 4.03. The zero-order chi connectivity index (χ0) is 10.5. The van der Waals surface area contributed by atoms with Crippen LogP contribution in [0, 0.1) is 5.92 Å². The molecule has 15 heavy (non-hydrogen) atoms. The maximum atomic E-state index is 5.74. The molecular weight excluding hydrogens is 184 g/mol. The van der Waals surface area contributed by atoms with Crippen LogP contribution in [0.2, 0.25) is 0 Å². The molecule has 2 aliphatic rings. The summed E-state index contributed by atoms with van der Waals surface area (Å²) < 4.78 is 0. The third kappa shape index (κ3) is 2.82. The molecule has 0 radical (unpaired) electrons. The predicted octanol–water partition coefficient (Wildman–Crippen LogP) is 2.90. The van der Waals surface area contributed by atoms with E-state index in [1.165, 1.54) is 57.8 Å². The van der Waals surface area contributed by atoms with E-state index in [1.54, 1.807) is 5.57 Å². The number of hydrogen-bond donors (Lipinski definition) is 2. The lowest BCUT2D eigenvalue weighted by molar-refractivity contribution is 0.288. The quantitative estimate of drug-likeness (QED) is 0.425. The molecule has 0 aromatic rings. The lowest BCUT2D eigenvalue weighted by Gasteiger charge is -2.32. The molecule has 0 heterocycles. The molecule has 1 fully saturated rings. The Morgan fingerprint density at radius 3 is 2.53 bits per heavy atom. The molecule has 3 N–H and O–H groups in total. The van der Waals surface area contributed by atoms with Gasteiger partial charge >= 0.3 is 0 Å². The van der Waals surface area contributed by atoms with Crippen LogP contribution < -0.4 is 11.3 Å². The van der Waals surface area contributed by atoms with Crippen LogP contribution >= 0.6 is 0 Å². The van der Waals surface area contributed by atoms with Crippen molar-refractivity contribution in [2.24, 2.45) is 11.8 Å². The Kier molecular flexibility index (Phi) is 4.21. The van der Waals surface area contributed by atoms with Crippen molar-refractivity contribution in [3.63, 3.8) is 0 Å². The standard InChI is InChI=1S/C13H24N2/c14-15-13(11-7-3-1-4-8-11)12-9-5-2-6-10-12/h7,12-13,15H,1-6,8-10,14H2. The van der Waals surface area contributed by atoms with Gasteiger partial charge in [0.2, 0.25) is 0 Å². The first-order valence-corrected chi connectivity index (χ1v) is 6.57. The van der Waals surface area contributed by atoms with Crippen molar-refractivity contribution in [3.05, 3.63) is 11.6 Å². The molecule has 2 heteroatoms. The van der Waals surface area contributed by atoms with Crippen molar-refractivity contribution in [1.29, 1.82) is 0 Å². The van der Waals surface area contributed by atoms with Crippen LogP contribution in [0.4, 0.5) is 0 Å². The van der Waals surface area contributed by atoms with Gasteiger partial charge in [0.25, 0.3) is 0 Å². The number of rotatable bonds is 3. The molecule has 2 aliphatic carbocycles. The highest BCUT2D eigenvalue weighted by Gasteiger charge is 2.25. The number of allylic oxidation sites excluding steroid dienone is 1. The van der Waals surface area contributed by atoms with Gasteiger partial charge in [0.05, 0.1) is 0 Å². The van der Waals surface area contributed by atoms with Gasteiger partial charge in [-0.3, -0.25) is 11.3 Å². The van der Waals surface area contributed by atoms with Crippen LogP contribution in [0.1, 0.15) is 57.8 Å². The number of nitrogens with one attached hydrogen (secondary N) is 1. The second kappa shape index (κ2) is 5.66. The molecule has 1 atom stereocenters. The maximum Gasteiger partial charge on any atom is 0.0447 e. The molecule has 0 saturated heterocycles. The number of hydrazine groups is 1. The minimum absolute atomic E-state index is 0.477. The highest BCUT2D eigenvalue weighted by atomic mass is 15.2. The summed E-state index contributed by atoms with van der Waals surface area (Å²) in [6.45, 7) is 0. The SMILES string of the molecule is NNC(C1=CCCCC1)C1CCCCC1. The Morgan fingerprint density at radius 1 is 1.13 bits per heavy atom. The molecule has 0 bridgehead atoms. The molecule has 1 saturated carbocycles. The summed E-state index contributed by atoms with van der Waals surface area (Å²) >= 11 is 0. The first-order chi connectivity index (χ1) is 7.42. The zero-order valence-corrected chi connectivity index (χ0v) is 9.67. The summed E-state index contributed by atoms with van der Waals surface area (Å²) in [5, 5.41) is 0. The van der Waals surface area contributed by atoms with Crippen molar-refractivity contribution >= 4 is 0 Å². The lowest BCUT2D eigenvalue weighted by atomic mass is 9.79. The molecule has 0 amide bonds. The van der Waals surface area contributed by atoms with Gasteiger partial charge in [-0.05, 0) is 44.4 Å². The average Bonchev–Trinajstić information content (AvgIpc) is 2.33. The molecule has 0 aromatic heterocycles. The Labute approximate surface area is 93.3 Å². The van der Waals surface area contributed by atoms with Gasteiger partial charge in [-0.15, -0.1) is 0 Å². The van der Waals surface area contributed by atoms with Gasteiger partial charge in [0.1, 0.15) is 0 Å². The zero-order valence-electron chi connectivity index (χ0n) is 9.67. The minimum Gasteiger partial charge on any atom is -0.271 e. The lowest BCUT2D eigenvalue weighted by Crippen LogP contribution is -2.43. The molecule has 0 aromatic carbocycles. The monoisotopic (exact) mass is 208 g/mol. The largest absolute Gasteiger partial charge is 0.271 e. The topological polar surface area (TPSA) is 38.0 Å². The van der Waals surface area contributed by atoms with Crippen LogP contribution in [-0.2, 0) is 0 Å². The normalized spacial score (nSPS) is 26.1. The second-order valence-corrected chi connectivity index (χ2v) is 5.07. The maximum absolute atomic E-state index is 5.74. The fourth-order valence-electron chi connectivity index (χ4n) is 3.16. The summed E-state index contributed by atoms with van der Waals surface area (Å²) in [6.07, 6.45) is 14.6. The Bertz CT molecular complexity index is 217. The summed E-state index contributed by atoms with van der Waals surface area (Å²) in [4.78, 5) is 0. The van der Waals surface area contributed by atoms with Crippen molar-refractivity contribution in [3.8, 4) is 0 Å². The summed E-state index contributed by atoms with van der Waals surface area (Å²) in [5.41, 5.74) is 4.67. The van der Waals surface area contributed by atoms with E-state index in [0.29, 0.717) is 6.04 Å². The Balaban J connectivity index is 1.98. The minimum atomic E-state index is 0.477. The molecular formula is C13H24N2. The number of nitrogens with two attached hydrogens (primary N) is 1. The Morgan fingerprint density at radius 2 is 1.93 bits per heavy atom. The third-order valence-electron chi connectivity index (χ3n) is 4.03. The smallest absolute Gasteiger partial charge is 0.0447 e. The number of hydrogen-bond acceptors (Lipinski definition) is 2. The van der Waals surface area contributed by atoms with Crippen LogP contribution in [-0.4, -0.2) is 6.04 Å². The van der Waals surface area contributed by atoms with Gasteiger partial charge in [0.15, 0.2) is 0 Å². The fourth-order valence-corrected chi connectivity index (χ4v) is 3.16. The summed E-state index contributed by atoms with van der Waals surface area (Å²) in [6, 6.07) is 0.477. The van der Waals surface area contributed by atoms with Crippen LogP contribution in [0.15, 0.2) is 11.6 Å². The van der Waals surface area contributed by atoms with E-state index in [0.717, 1.165) is 5.92 Å². The predicted molar refractivity (Wildman–Crippen MR) is 64.2 cm³/mol. The van der Waals surface area contributed by atoms with E-state index in [9.17, 15) is 0 Å². The first kappa shape index (κ1) is 11.2. The van der Waals surface area contributed by atoms with Crippen molar-refractivity contribution in [2.75, 3.05) is 0 Å². The molecule has 1 unspecified atom stereocenters. The van der Waals surface area contributed by atoms with Crippen molar-refractivity contribution < 1.29 is 0 Å². The Hall–Kier alpha value is -0.340. The molecule has 0 spiro atoms. The van der Waals surface area contributed by atoms with Crippen LogP contribution in [0.25, 0.3) is 0 Å². The first-order valence-electron chi connectivity index (χ1n) is 6.57. The molecule has 2 nitrogen and oxygen atoms in total. The molecule has 86 valence electrons. The second-order valence-electron chi connectivity index (χ2n) is 5.07. The van der Waals surface area contributed by atoms with Crippen LogP contribution in [0.5, 0.6) is 0 Å². The van der Waals surface area contributed by atoms with Gasteiger partial charge < -0.3 is 0 Å². The van der Waals surface area contributed by atoms with E-state index in [-0.39, 0.29) is 0 Å². The molecule has 0 aliphatic heterocycles. The highest BCUT2D eigenvalue weighted by Crippen LogP contribution is 2.32. The van der Waals surface area contributed by atoms with E-state index in [4.69, 9.17) is 5.84 Å². The van der Waals surface area contributed by atoms with Gasteiger partial charge in [0, 0.05) is 6.04 Å². The van der Waals surface area contributed by atoms with E-state index >= 15 is 0 Å². The summed E-state index contributed by atoms with van der Waals surface area (Å²) in [5.74, 6) is 6.54. The van der Waals surface area contributed by atoms with E-state index in [2.05, 4.69) is 11.5 Å². The van der Waals surface area contributed by atoms with E-state index in [1.807, 2.05) is 0 Å². The van der Waals surface area contributed by atoms with Gasteiger partial charge in [-0.25, -0.2) is 0 Å². The fraction of sp³-hybridized carbons (Fsp3) is 0.846. The summed E-state index contributed by atoms with van der Waals surface area (Å²) in [7, 11) is 0. The van der Waals surface area contributed by atoms with Crippen LogP contribution in [0.3, 0.4) is 0 Å². The molecule has 2 rings (SSSR count). The van der Waals surface area contributed by atoms with Crippen molar-refractivity contribution in [2.45, 2.75) is 63.8 Å². The van der Waals surface area contributed by atoms with E-state index < -0.39 is 0 Å². The average molecular weight is 208 g/mol. The highest BCUT2D eigenvalue weighted by molar-refractivity contribution is 5.14. The van der Waals surface area contributed by atoms with Gasteiger partial charge in [-0.2, -0.15) is 0 Å². The van der Waals surface area contributed by atoms with Gasteiger partial charge in [-0.1, -0.05) is 30.9 Å². The van der Waals surface area contributed by atoms with Crippen molar-refractivity contribution in [1.82, 2.24) is 5.43 Å².